The molecule has 0 aliphatic heterocycles. The lowest BCUT2D eigenvalue weighted by Crippen LogP contribution is -2.21. The molecule has 2 rings (SSSR count). The molecule has 4 heteroatoms. The highest BCUT2D eigenvalue weighted by Crippen LogP contribution is 2.49. The van der Waals surface area contributed by atoms with Crippen molar-refractivity contribution in [2.24, 2.45) is 0 Å². The van der Waals surface area contributed by atoms with E-state index in [0.717, 1.165) is 11.5 Å². The van der Waals surface area contributed by atoms with E-state index in [1.54, 1.807) is 7.11 Å². The summed E-state index contributed by atoms with van der Waals surface area (Å²) in [5, 5.41) is 0. The molecule has 35 heavy (non-hydrogen) atoms. The normalized spacial score (nSPS) is 13.4. The van der Waals surface area contributed by atoms with Gasteiger partial charge in [0.05, 0.1) is 0 Å². The molecule has 0 saturated heterocycles. The van der Waals surface area contributed by atoms with Crippen molar-refractivity contribution in [1.29, 1.82) is 0 Å². The van der Waals surface area contributed by atoms with Crippen molar-refractivity contribution in [3.8, 4) is 11.5 Å². The quantitative estimate of drug-likeness (QED) is 0.382. The average Bonchev–Trinajstić information content (AvgIpc) is 2.63. The first-order valence-corrected chi connectivity index (χ1v) is 13.8. The van der Waals surface area contributed by atoms with Crippen molar-refractivity contribution in [3.05, 3.63) is 57.6 Å². The van der Waals surface area contributed by atoms with E-state index < -0.39 is 8.60 Å². The van der Waals surface area contributed by atoms with Gasteiger partial charge in [-0.05, 0) is 69.9 Å². The third kappa shape index (κ3) is 6.80. The van der Waals surface area contributed by atoms with Gasteiger partial charge < -0.3 is 9.05 Å². The fraction of sp³-hybridized carbons (Fsp3) is 0.613. The number of rotatable bonds is 5. The minimum absolute atomic E-state index is 0.0546. The Morgan fingerprint density at radius 1 is 0.514 bits per heavy atom. The van der Waals surface area contributed by atoms with E-state index >= 15 is 0 Å². The van der Waals surface area contributed by atoms with Gasteiger partial charge in [-0.25, -0.2) is 0 Å². The summed E-state index contributed by atoms with van der Waals surface area (Å²) in [5.41, 5.74) is 7.55. The van der Waals surface area contributed by atoms with Gasteiger partial charge >= 0.3 is 8.60 Å². The molecule has 0 N–H and O–H groups in total. The third-order valence-corrected chi connectivity index (χ3v) is 7.45. The van der Waals surface area contributed by atoms with Crippen molar-refractivity contribution in [1.82, 2.24) is 0 Å². The van der Waals surface area contributed by atoms with E-state index in [9.17, 15) is 0 Å². The van der Waals surface area contributed by atoms with Crippen LogP contribution in [0.1, 0.15) is 116 Å². The van der Waals surface area contributed by atoms with Crippen molar-refractivity contribution < 1.29 is 13.6 Å². The van der Waals surface area contributed by atoms with Gasteiger partial charge in [-0.15, -0.1) is 0 Å². The van der Waals surface area contributed by atoms with Crippen LogP contribution in [0.5, 0.6) is 11.5 Å². The topological polar surface area (TPSA) is 27.7 Å². The highest BCUT2D eigenvalue weighted by molar-refractivity contribution is 7.42. The maximum absolute atomic E-state index is 6.50. The molecule has 0 aliphatic rings. The average molecular weight is 501 g/mol. The molecule has 0 fully saturated rings. The van der Waals surface area contributed by atoms with Crippen LogP contribution in [0.3, 0.4) is 0 Å². The first-order valence-electron chi connectivity index (χ1n) is 12.7. The van der Waals surface area contributed by atoms with Crippen LogP contribution in [0.15, 0.2) is 24.3 Å². The van der Waals surface area contributed by atoms with Crippen LogP contribution in [0, 0.1) is 13.8 Å². The Labute approximate surface area is 217 Å². The standard InChI is InChI=1S/C31H49O3P/c1-20-22(28(3,4)5)16-18-24(26(20)30(9,10)11)33-35(32-15)34-25-19-17-23(29(6,7)8)21(2)27(25)31(12,13)14/h16-19H,1-15H3. The third-order valence-electron chi connectivity index (χ3n) is 6.46. The summed E-state index contributed by atoms with van der Waals surface area (Å²) in [7, 11) is 0.0207. The molecular formula is C31H49O3P. The van der Waals surface area contributed by atoms with Gasteiger partial charge in [0.15, 0.2) is 0 Å². The minimum atomic E-state index is -1.64. The first-order chi connectivity index (χ1) is 15.7. The highest BCUT2D eigenvalue weighted by atomic mass is 31.2. The predicted octanol–water partition coefficient (Wildman–Crippen LogP) is 9.82. The summed E-state index contributed by atoms with van der Waals surface area (Å²) in [6, 6.07) is 8.55. The zero-order valence-electron chi connectivity index (χ0n) is 25.0. The largest absolute Gasteiger partial charge is 0.462 e. The van der Waals surface area contributed by atoms with Gasteiger partial charge in [-0.2, -0.15) is 0 Å². The van der Waals surface area contributed by atoms with Crippen LogP contribution >= 0.6 is 8.60 Å². The second kappa shape index (κ2) is 10.1. The zero-order valence-corrected chi connectivity index (χ0v) is 25.9. The van der Waals surface area contributed by atoms with E-state index in [1.165, 1.54) is 33.4 Å². The molecule has 0 atom stereocenters. The van der Waals surface area contributed by atoms with Crippen LogP contribution < -0.4 is 9.05 Å². The Balaban J connectivity index is 2.57. The summed E-state index contributed by atoms with van der Waals surface area (Å²) in [6.45, 7) is 31.3. The Bertz CT molecular complexity index is 958. The summed E-state index contributed by atoms with van der Waals surface area (Å²) in [6.07, 6.45) is 0. The molecule has 0 aliphatic carbocycles. The molecule has 0 saturated carbocycles. The second-order valence-electron chi connectivity index (χ2n) is 13.8. The van der Waals surface area contributed by atoms with Crippen molar-refractivity contribution >= 4 is 8.60 Å². The van der Waals surface area contributed by atoms with Gasteiger partial charge in [-0.1, -0.05) is 95.2 Å². The van der Waals surface area contributed by atoms with Gasteiger partial charge in [-0.3, -0.25) is 4.52 Å². The lowest BCUT2D eigenvalue weighted by atomic mass is 9.76. The Morgan fingerprint density at radius 2 is 0.829 bits per heavy atom. The van der Waals surface area contributed by atoms with Crippen molar-refractivity contribution in [3.63, 3.8) is 0 Å². The van der Waals surface area contributed by atoms with Crippen LogP contribution in [0.25, 0.3) is 0 Å². The number of hydrogen-bond donors (Lipinski definition) is 0. The SMILES string of the molecule is COP(Oc1ccc(C(C)(C)C)c(C)c1C(C)(C)C)Oc1ccc(C(C)(C)C)c(C)c1C(C)(C)C. The zero-order chi connectivity index (χ0) is 27.1. The first kappa shape index (κ1) is 29.7. The van der Waals surface area contributed by atoms with Crippen LogP contribution in [0.2, 0.25) is 0 Å². The van der Waals surface area contributed by atoms with E-state index in [2.05, 4.69) is 121 Å². The van der Waals surface area contributed by atoms with Gasteiger partial charge in [0.25, 0.3) is 0 Å². The molecule has 0 heterocycles. The Kier molecular flexibility index (Phi) is 8.53. The molecule has 2 aromatic carbocycles. The number of benzene rings is 2. The molecule has 0 spiro atoms. The molecule has 0 aromatic heterocycles. The maximum Gasteiger partial charge on any atom is 0.462 e. The monoisotopic (exact) mass is 500 g/mol. The lowest BCUT2D eigenvalue weighted by molar-refractivity contribution is 0.317. The Hall–Kier alpha value is -1.57. The van der Waals surface area contributed by atoms with Gasteiger partial charge in [0, 0.05) is 18.2 Å². The number of hydrogen-bond acceptors (Lipinski definition) is 3. The Morgan fingerprint density at radius 3 is 1.06 bits per heavy atom. The van der Waals surface area contributed by atoms with E-state index in [-0.39, 0.29) is 21.7 Å². The fourth-order valence-corrected chi connectivity index (χ4v) is 6.08. The van der Waals surface area contributed by atoms with Crippen molar-refractivity contribution in [2.45, 2.75) is 119 Å². The minimum Gasteiger partial charge on any atom is -0.417 e. The maximum atomic E-state index is 6.50. The summed E-state index contributed by atoms with van der Waals surface area (Å²) >= 11 is 0. The van der Waals surface area contributed by atoms with Crippen molar-refractivity contribution in [2.75, 3.05) is 7.11 Å². The molecular weight excluding hydrogens is 451 g/mol. The van der Waals surface area contributed by atoms with Gasteiger partial charge in [0.1, 0.15) is 11.5 Å². The van der Waals surface area contributed by atoms with E-state index in [4.69, 9.17) is 13.6 Å². The van der Waals surface area contributed by atoms with Crippen LogP contribution in [-0.4, -0.2) is 7.11 Å². The molecule has 3 nitrogen and oxygen atoms in total. The summed E-state index contributed by atoms with van der Waals surface area (Å²) < 4.78 is 18.8. The summed E-state index contributed by atoms with van der Waals surface area (Å²) in [4.78, 5) is 0. The second-order valence-corrected chi connectivity index (χ2v) is 15.0. The molecule has 0 unspecified atom stereocenters. The lowest BCUT2D eigenvalue weighted by Gasteiger charge is -2.32. The molecule has 0 bridgehead atoms. The van der Waals surface area contributed by atoms with Crippen LogP contribution in [0.4, 0.5) is 0 Å². The van der Waals surface area contributed by atoms with Crippen LogP contribution in [-0.2, 0) is 26.2 Å². The molecule has 0 radical (unpaired) electrons. The van der Waals surface area contributed by atoms with E-state index in [1.807, 2.05) is 0 Å². The smallest absolute Gasteiger partial charge is 0.417 e. The predicted molar refractivity (Wildman–Crippen MR) is 152 cm³/mol. The highest BCUT2D eigenvalue weighted by Gasteiger charge is 2.31. The molecule has 0 amide bonds. The molecule has 196 valence electrons. The van der Waals surface area contributed by atoms with Gasteiger partial charge in [0.2, 0.25) is 0 Å². The molecule has 2 aromatic rings. The fourth-order valence-electron chi connectivity index (χ4n) is 5.27. The van der Waals surface area contributed by atoms with E-state index in [0.29, 0.717) is 0 Å². The summed E-state index contributed by atoms with van der Waals surface area (Å²) in [5.74, 6) is 1.66.